The Hall–Kier alpha value is -2.15. The first kappa shape index (κ1) is 13.8. The van der Waals surface area contributed by atoms with E-state index in [0.29, 0.717) is 6.54 Å². The molecular weight excluding hydrogens is 288 g/mol. The smallest absolute Gasteiger partial charge is 0.265 e. The molecule has 0 bridgehead atoms. The van der Waals surface area contributed by atoms with Gasteiger partial charge in [-0.25, -0.2) is 4.98 Å². The number of ether oxygens (including phenoxy) is 1. The summed E-state index contributed by atoms with van der Waals surface area (Å²) in [5.41, 5.74) is 0.848. The first-order chi connectivity index (χ1) is 10.2. The predicted molar refractivity (Wildman–Crippen MR) is 82.0 cm³/mol. The van der Waals surface area contributed by atoms with Crippen LogP contribution in [0.4, 0.5) is 10.8 Å². The zero-order chi connectivity index (χ0) is 14.7. The number of benzene rings is 1. The van der Waals surface area contributed by atoms with Gasteiger partial charge in [-0.2, -0.15) is 4.37 Å². The third-order valence-corrected chi connectivity index (χ3v) is 3.93. The summed E-state index contributed by atoms with van der Waals surface area (Å²) in [5.74, 6) is 1.55. The van der Waals surface area contributed by atoms with E-state index in [4.69, 9.17) is 4.74 Å². The first-order valence-corrected chi connectivity index (χ1v) is 7.58. The fourth-order valence-corrected chi connectivity index (χ4v) is 2.80. The molecule has 7 heteroatoms. The minimum atomic E-state index is 0.000426. The van der Waals surface area contributed by atoms with Gasteiger partial charge in [-0.1, -0.05) is 12.1 Å². The van der Waals surface area contributed by atoms with E-state index in [1.807, 2.05) is 31.2 Å². The van der Waals surface area contributed by atoms with Gasteiger partial charge in [0.2, 0.25) is 5.13 Å². The van der Waals surface area contributed by atoms with Gasteiger partial charge in [0.15, 0.2) is 6.61 Å². The lowest BCUT2D eigenvalue weighted by molar-refractivity contribution is -0.121. The van der Waals surface area contributed by atoms with Crippen molar-refractivity contribution in [2.45, 2.75) is 13.3 Å². The number of anilines is 2. The van der Waals surface area contributed by atoms with E-state index in [1.165, 1.54) is 11.5 Å². The van der Waals surface area contributed by atoms with Crippen LogP contribution >= 0.6 is 11.5 Å². The molecule has 1 amide bonds. The number of nitrogens with zero attached hydrogens (tertiary/aromatic N) is 3. The number of hydrogen-bond acceptors (Lipinski definition) is 6. The molecule has 1 aromatic heterocycles. The molecule has 0 saturated heterocycles. The number of amides is 1. The Balaban J connectivity index is 1.56. The molecule has 0 spiro atoms. The lowest BCUT2D eigenvalue weighted by atomic mass is 10.2. The molecule has 1 N–H and O–H groups in total. The number of rotatable bonds is 5. The van der Waals surface area contributed by atoms with Gasteiger partial charge in [0.05, 0.1) is 5.69 Å². The number of nitrogens with one attached hydrogen (secondary N) is 1. The monoisotopic (exact) mass is 304 g/mol. The van der Waals surface area contributed by atoms with Crippen molar-refractivity contribution < 1.29 is 9.53 Å². The molecule has 3 rings (SSSR count). The average molecular weight is 304 g/mol. The van der Waals surface area contributed by atoms with Gasteiger partial charge in [0, 0.05) is 24.6 Å². The molecule has 0 unspecified atom stereocenters. The van der Waals surface area contributed by atoms with Crippen LogP contribution in [0.2, 0.25) is 0 Å². The molecule has 21 heavy (non-hydrogen) atoms. The third kappa shape index (κ3) is 3.13. The molecule has 110 valence electrons. The second-order valence-corrected chi connectivity index (χ2v) is 5.48. The molecular formula is C14H16N4O2S. The second-order valence-electron chi connectivity index (χ2n) is 4.73. The molecule has 2 heterocycles. The molecule has 0 aliphatic carbocycles. The number of hydrogen-bond donors (Lipinski definition) is 1. The molecule has 0 atom stereocenters. The highest BCUT2D eigenvalue weighted by Gasteiger charge is 2.24. The molecule has 1 aliphatic rings. The van der Waals surface area contributed by atoms with Crippen LogP contribution in [0.1, 0.15) is 12.2 Å². The zero-order valence-corrected chi connectivity index (χ0v) is 12.5. The van der Waals surface area contributed by atoms with Crippen molar-refractivity contribution in [2.24, 2.45) is 0 Å². The van der Waals surface area contributed by atoms with Crippen molar-refractivity contribution in [1.29, 1.82) is 0 Å². The van der Waals surface area contributed by atoms with E-state index in [9.17, 15) is 4.79 Å². The molecule has 0 fully saturated rings. The van der Waals surface area contributed by atoms with Crippen LogP contribution in [0.15, 0.2) is 24.3 Å². The van der Waals surface area contributed by atoms with E-state index in [2.05, 4.69) is 14.7 Å². The quantitative estimate of drug-likeness (QED) is 0.857. The van der Waals surface area contributed by atoms with E-state index in [1.54, 1.807) is 4.90 Å². The number of fused-ring (bicyclic) bond motifs is 1. The van der Waals surface area contributed by atoms with Gasteiger partial charge in [0.1, 0.15) is 11.6 Å². The van der Waals surface area contributed by atoms with E-state index in [-0.39, 0.29) is 12.5 Å². The van der Waals surface area contributed by atoms with Crippen LogP contribution in [0, 0.1) is 6.92 Å². The molecule has 2 aromatic rings. The molecule has 1 aliphatic heterocycles. The number of para-hydroxylation sites is 2. The second kappa shape index (κ2) is 6.09. The summed E-state index contributed by atoms with van der Waals surface area (Å²) in [7, 11) is 0. The Morgan fingerprint density at radius 1 is 1.43 bits per heavy atom. The topological polar surface area (TPSA) is 67.4 Å². The molecule has 6 nitrogen and oxygen atoms in total. The lowest BCUT2D eigenvalue weighted by Gasteiger charge is -2.29. The maximum Gasteiger partial charge on any atom is 0.265 e. The van der Waals surface area contributed by atoms with Gasteiger partial charge in [-0.3, -0.25) is 4.79 Å². The summed E-state index contributed by atoms with van der Waals surface area (Å²) >= 11 is 1.35. The van der Waals surface area contributed by atoms with E-state index >= 15 is 0 Å². The Labute approximate surface area is 126 Å². The first-order valence-electron chi connectivity index (χ1n) is 6.80. The van der Waals surface area contributed by atoms with Crippen LogP contribution < -0.4 is 15.0 Å². The van der Waals surface area contributed by atoms with Gasteiger partial charge >= 0.3 is 0 Å². The Morgan fingerprint density at radius 2 is 2.29 bits per heavy atom. The zero-order valence-electron chi connectivity index (χ0n) is 11.7. The molecule has 0 radical (unpaired) electrons. The minimum Gasteiger partial charge on any atom is -0.482 e. The van der Waals surface area contributed by atoms with Crippen molar-refractivity contribution in [3.63, 3.8) is 0 Å². The van der Waals surface area contributed by atoms with Crippen molar-refractivity contribution in [1.82, 2.24) is 9.36 Å². The Kier molecular flexibility index (Phi) is 4.01. The largest absolute Gasteiger partial charge is 0.482 e. The summed E-state index contributed by atoms with van der Waals surface area (Å²) in [4.78, 5) is 18.0. The fourth-order valence-electron chi connectivity index (χ4n) is 2.20. The van der Waals surface area contributed by atoms with Gasteiger partial charge < -0.3 is 15.0 Å². The Bertz CT molecular complexity index is 643. The fraction of sp³-hybridized carbons (Fsp3) is 0.357. The van der Waals surface area contributed by atoms with Crippen LogP contribution in [0.5, 0.6) is 5.75 Å². The molecule has 0 saturated carbocycles. The number of carbonyl (C=O) groups is 1. The summed E-state index contributed by atoms with van der Waals surface area (Å²) < 4.78 is 9.53. The predicted octanol–water partition coefficient (Wildman–Crippen LogP) is 2.07. The number of aryl methyl sites for hydroxylation is 1. The SMILES string of the molecule is Cc1nsc(NCCCN2C(=O)COc3ccccc32)n1. The summed E-state index contributed by atoms with van der Waals surface area (Å²) in [6, 6.07) is 7.62. The normalized spacial score (nSPS) is 13.8. The maximum atomic E-state index is 12.0. The van der Waals surface area contributed by atoms with Crippen molar-refractivity contribution >= 4 is 28.3 Å². The average Bonchev–Trinajstić information content (AvgIpc) is 2.91. The van der Waals surface area contributed by atoms with Gasteiger partial charge in [-0.15, -0.1) is 0 Å². The highest BCUT2D eigenvalue weighted by atomic mass is 32.1. The molecule has 1 aromatic carbocycles. The van der Waals surface area contributed by atoms with Gasteiger partial charge in [-0.05, 0) is 25.5 Å². The van der Waals surface area contributed by atoms with Crippen LogP contribution in [0.25, 0.3) is 0 Å². The highest BCUT2D eigenvalue weighted by molar-refractivity contribution is 7.09. The highest BCUT2D eigenvalue weighted by Crippen LogP contribution is 2.31. The van der Waals surface area contributed by atoms with Crippen molar-refractivity contribution in [3.8, 4) is 5.75 Å². The third-order valence-electron chi connectivity index (χ3n) is 3.17. The summed E-state index contributed by atoms with van der Waals surface area (Å²) in [6.07, 6.45) is 0.832. The maximum absolute atomic E-state index is 12.0. The Morgan fingerprint density at radius 3 is 3.10 bits per heavy atom. The van der Waals surface area contributed by atoms with Crippen LogP contribution in [-0.4, -0.2) is 35.0 Å². The lowest BCUT2D eigenvalue weighted by Crippen LogP contribution is -2.39. The van der Waals surface area contributed by atoms with Crippen LogP contribution in [-0.2, 0) is 4.79 Å². The standard InChI is InChI=1S/C14H16N4O2S/c1-10-16-14(21-17-10)15-7-4-8-18-11-5-2-3-6-12(11)20-9-13(18)19/h2-3,5-6H,4,7-9H2,1H3,(H,15,16,17). The summed E-state index contributed by atoms with van der Waals surface area (Å²) in [5, 5.41) is 4.04. The van der Waals surface area contributed by atoms with Gasteiger partial charge in [0.25, 0.3) is 5.91 Å². The summed E-state index contributed by atoms with van der Waals surface area (Å²) in [6.45, 7) is 3.39. The minimum absolute atomic E-state index is 0.000426. The number of aromatic nitrogens is 2. The number of carbonyl (C=O) groups excluding carboxylic acids is 1. The van der Waals surface area contributed by atoms with E-state index in [0.717, 1.165) is 35.4 Å². The van der Waals surface area contributed by atoms with Crippen molar-refractivity contribution in [3.05, 3.63) is 30.1 Å². The van der Waals surface area contributed by atoms with Crippen LogP contribution in [0.3, 0.4) is 0 Å². The van der Waals surface area contributed by atoms with Crippen molar-refractivity contribution in [2.75, 3.05) is 29.9 Å². The van der Waals surface area contributed by atoms with E-state index < -0.39 is 0 Å².